The summed E-state index contributed by atoms with van der Waals surface area (Å²) in [6.07, 6.45) is 2.38. The third-order valence-electron chi connectivity index (χ3n) is 3.88. The van der Waals surface area contributed by atoms with Crippen molar-refractivity contribution >= 4 is 0 Å². The fourth-order valence-electron chi connectivity index (χ4n) is 2.67. The quantitative estimate of drug-likeness (QED) is 0.676. The standard InChI is InChI=1S/C11H22N2O/c1-3-13-7-4-11(5-8-13)10(2)12-6-9-14-11/h10,12H,3-9H2,1-2H3. The molecule has 1 unspecified atom stereocenters. The summed E-state index contributed by atoms with van der Waals surface area (Å²) in [6.45, 7) is 9.97. The minimum atomic E-state index is 0.143. The summed E-state index contributed by atoms with van der Waals surface area (Å²) >= 11 is 0. The molecule has 2 saturated heterocycles. The lowest BCUT2D eigenvalue weighted by Crippen LogP contribution is -2.60. The molecule has 0 radical (unpaired) electrons. The van der Waals surface area contributed by atoms with Crippen LogP contribution < -0.4 is 5.32 Å². The molecule has 0 saturated carbocycles. The van der Waals surface area contributed by atoms with Crippen molar-refractivity contribution in [1.29, 1.82) is 0 Å². The van der Waals surface area contributed by atoms with Gasteiger partial charge < -0.3 is 15.0 Å². The fraction of sp³-hybridized carbons (Fsp3) is 1.00. The largest absolute Gasteiger partial charge is 0.372 e. The van der Waals surface area contributed by atoms with Crippen LogP contribution in [0, 0.1) is 0 Å². The molecule has 2 aliphatic heterocycles. The first-order valence-electron chi connectivity index (χ1n) is 5.86. The molecule has 1 N–H and O–H groups in total. The smallest absolute Gasteiger partial charge is 0.0857 e. The van der Waals surface area contributed by atoms with Gasteiger partial charge in [0.1, 0.15) is 0 Å². The highest BCUT2D eigenvalue weighted by atomic mass is 16.5. The first-order valence-corrected chi connectivity index (χ1v) is 5.86. The van der Waals surface area contributed by atoms with Gasteiger partial charge in [0.05, 0.1) is 12.2 Å². The maximum absolute atomic E-state index is 6.02. The van der Waals surface area contributed by atoms with Crippen LogP contribution in [-0.4, -0.2) is 49.3 Å². The van der Waals surface area contributed by atoms with Crippen LogP contribution in [0.3, 0.4) is 0 Å². The summed E-state index contributed by atoms with van der Waals surface area (Å²) in [5.74, 6) is 0. The highest BCUT2D eigenvalue weighted by Gasteiger charge is 2.41. The van der Waals surface area contributed by atoms with E-state index in [0.29, 0.717) is 6.04 Å². The normalized spacial score (nSPS) is 33.4. The van der Waals surface area contributed by atoms with Gasteiger partial charge in [-0.3, -0.25) is 0 Å². The zero-order chi connectivity index (χ0) is 10.0. The molecule has 3 nitrogen and oxygen atoms in total. The van der Waals surface area contributed by atoms with Crippen molar-refractivity contribution < 1.29 is 4.74 Å². The van der Waals surface area contributed by atoms with Crippen LogP contribution in [0.5, 0.6) is 0 Å². The first kappa shape index (κ1) is 10.4. The van der Waals surface area contributed by atoms with Crippen LogP contribution in [0.15, 0.2) is 0 Å². The molecule has 0 aliphatic carbocycles. The Hall–Kier alpha value is -0.120. The summed E-state index contributed by atoms with van der Waals surface area (Å²) in [7, 11) is 0. The molecule has 82 valence electrons. The zero-order valence-corrected chi connectivity index (χ0v) is 9.38. The number of nitrogens with zero attached hydrogens (tertiary/aromatic N) is 1. The third kappa shape index (κ3) is 1.81. The number of likely N-dealkylation sites (tertiary alicyclic amines) is 1. The van der Waals surface area contributed by atoms with Crippen molar-refractivity contribution in [2.75, 3.05) is 32.8 Å². The molecule has 2 fully saturated rings. The Bertz CT molecular complexity index is 188. The molecular weight excluding hydrogens is 176 g/mol. The van der Waals surface area contributed by atoms with E-state index in [4.69, 9.17) is 4.74 Å². The van der Waals surface area contributed by atoms with E-state index in [-0.39, 0.29) is 5.60 Å². The van der Waals surface area contributed by atoms with E-state index >= 15 is 0 Å². The van der Waals surface area contributed by atoms with Crippen LogP contribution in [0.4, 0.5) is 0 Å². The molecule has 0 aromatic rings. The van der Waals surface area contributed by atoms with Gasteiger partial charge in [0.25, 0.3) is 0 Å². The van der Waals surface area contributed by atoms with Gasteiger partial charge >= 0.3 is 0 Å². The van der Waals surface area contributed by atoms with Gasteiger partial charge in [-0.05, 0) is 26.3 Å². The van der Waals surface area contributed by atoms with Crippen molar-refractivity contribution in [3.63, 3.8) is 0 Å². The SMILES string of the molecule is CCN1CCC2(CC1)OCCNC2C. The number of piperidine rings is 1. The molecule has 2 aliphatic rings. The average molecular weight is 198 g/mol. The van der Waals surface area contributed by atoms with E-state index < -0.39 is 0 Å². The number of rotatable bonds is 1. The number of morpholine rings is 1. The maximum Gasteiger partial charge on any atom is 0.0857 e. The van der Waals surface area contributed by atoms with E-state index in [1.807, 2.05) is 0 Å². The Kier molecular flexibility index (Phi) is 3.10. The molecule has 14 heavy (non-hydrogen) atoms. The Morgan fingerprint density at radius 3 is 2.71 bits per heavy atom. The topological polar surface area (TPSA) is 24.5 Å². The molecule has 1 spiro atoms. The summed E-state index contributed by atoms with van der Waals surface area (Å²) in [6, 6.07) is 0.523. The van der Waals surface area contributed by atoms with E-state index in [1.165, 1.54) is 32.5 Å². The van der Waals surface area contributed by atoms with Gasteiger partial charge in [-0.25, -0.2) is 0 Å². The Morgan fingerprint density at radius 2 is 2.14 bits per heavy atom. The van der Waals surface area contributed by atoms with Crippen LogP contribution in [-0.2, 0) is 4.74 Å². The van der Waals surface area contributed by atoms with Gasteiger partial charge in [-0.1, -0.05) is 6.92 Å². The summed E-state index contributed by atoms with van der Waals surface area (Å²) in [5.41, 5.74) is 0.143. The summed E-state index contributed by atoms with van der Waals surface area (Å²) < 4.78 is 6.02. The van der Waals surface area contributed by atoms with Gasteiger partial charge in [-0.2, -0.15) is 0 Å². The summed E-state index contributed by atoms with van der Waals surface area (Å²) in [4.78, 5) is 2.51. The second-order valence-corrected chi connectivity index (χ2v) is 4.52. The van der Waals surface area contributed by atoms with E-state index in [9.17, 15) is 0 Å². The molecule has 3 heteroatoms. The van der Waals surface area contributed by atoms with E-state index in [2.05, 4.69) is 24.1 Å². The second kappa shape index (κ2) is 4.17. The van der Waals surface area contributed by atoms with Gasteiger partial charge in [0.15, 0.2) is 0 Å². The van der Waals surface area contributed by atoms with Gasteiger partial charge in [0.2, 0.25) is 0 Å². The van der Waals surface area contributed by atoms with Crippen LogP contribution >= 0.6 is 0 Å². The Balaban J connectivity index is 1.96. The zero-order valence-electron chi connectivity index (χ0n) is 9.38. The third-order valence-corrected chi connectivity index (χ3v) is 3.88. The number of hydrogen-bond donors (Lipinski definition) is 1. The monoisotopic (exact) mass is 198 g/mol. The molecular formula is C11H22N2O. The average Bonchev–Trinajstić information content (AvgIpc) is 2.24. The number of nitrogens with one attached hydrogen (secondary N) is 1. The van der Waals surface area contributed by atoms with E-state index in [1.54, 1.807) is 0 Å². The van der Waals surface area contributed by atoms with Crippen LogP contribution in [0.1, 0.15) is 26.7 Å². The molecule has 1 atom stereocenters. The van der Waals surface area contributed by atoms with Crippen LogP contribution in [0.25, 0.3) is 0 Å². The fourth-order valence-corrected chi connectivity index (χ4v) is 2.67. The van der Waals surface area contributed by atoms with Crippen molar-refractivity contribution in [2.24, 2.45) is 0 Å². The maximum atomic E-state index is 6.02. The summed E-state index contributed by atoms with van der Waals surface area (Å²) in [5, 5.41) is 3.53. The van der Waals surface area contributed by atoms with Gasteiger partial charge in [-0.15, -0.1) is 0 Å². The van der Waals surface area contributed by atoms with Crippen molar-refractivity contribution in [3.8, 4) is 0 Å². The number of ether oxygens (including phenoxy) is 1. The lowest BCUT2D eigenvalue weighted by atomic mass is 9.84. The molecule has 0 amide bonds. The van der Waals surface area contributed by atoms with Crippen molar-refractivity contribution in [1.82, 2.24) is 10.2 Å². The number of hydrogen-bond acceptors (Lipinski definition) is 3. The molecule has 0 aromatic heterocycles. The lowest BCUT2D eigenvalue weighted by molar-refractivity contribution is -0.123. The van der Waals surface area contributed by atoms with E-state index in [0.717, 1.165) is 13.2 Å². The lowest BCUT2D eigenvalue weighted by Gasteiger charge is -2.48. The first-order chi connectivity index (χ1) is 6.77. The van der Waals surface area contributed by atoms with Crippen molar-refractivity contribution in [3.05, 3.63) is 0 Å². The highest BCUT2D eigenvalue weighted by Crippen LogP contribution is 2.31. The van der Waals surface area contributed by atoms with Crippen LogP contribution in [0.2, 0.25) is 0 Å². The minimum Gasteiger partial charge on any atom is -0.372 e. The Morgan fingerprint density at radius 1 is 1.43 bits per heavy atom. The van der Waals surface area contributed by atoms with Gasteiger partial charge in [0, 0.05) is 25.7 Å². The molecule has 0 bridgehead atoms. The minimum absolute atomic E-state index is 0.143. The Labute approximate surface area is 86.8 Å². The molecule has 2 rings (SSSR count). The molecule has 0 aromatic carbocycles. The predicted octanol–water partition coefficient (Wildman–Crippen LogP) is 0.849. The highest BCUT2D eigenvalue weighted by molar-refractivity contribution is 4.97. The molecule has 2 heterocycles. The van der Waals surface area contributed by atoms with Crippen molar-refractivity contribution in [2.45, 2.75) is 38.3 Å². The second-order valence-electron chi connectivity index (χ2n) is 4.52. The predicted molar refractivity (Wildman–Crippen MR) is 57.5 cm³/mol.